The lowest BCUT2D eigenvalue weighted by Crippen LogP contribution is -2.03. The normalized spacial score (nSPS) is 12.9. The fourth-order valence-electron chi connectivity index (χ4n) is 8.62. The highest BCUT2D eigenvalue weighted by Crippen LogP contribution is 2.45. The third kappa shape index (κ3) is 5.56. The number of hydrogen-bond donors (Lipinski definition) is 0. The van der Waals surface area contributed by atoms with Crippen molar-refractivity contribution in [3.05, 3.63) is 199 Å². The Kier molecular flexibility index (Phi) is 7.63. The highest BCUT2D eigenvalue weighted by atomic mass is 14.9. The summed E-state index contributed by atoms with van der Waals surface area (Å²) in [5.41, 5.74) is 18.2. The molecule has 0 N–H and O–H groups in total. The summed E-state index contributed by atoms with van der Waals surface area (Å²) in [6.07, 6.45) is 10.8. The zero-order valence-corrected chi connectivity index (χ0v) is 30.7. The van der Waals surface area contributed by atoms with Crippen molar-refractivity contribution >= 4 is 33.3 Å². The lowest BCUT2D eigenvalue weighted by Gasteiger charge is -2.24. The summed E-state index contributed by atoms with van der Waals surface area (Å²) in [6, 6.07) is 58.4. The average molecular weight is 714 g/mol. The van der Waals surface area contributed by atoms with Gasteiger partial charge in [0.25, 0.3) is 0 Å². The van der Waals surface area contributed by atoms with E-state index in [1.165, 1.54) is 49.7 Å². The fourth-order valence-corrected chi connectivity index (χ4v) is 8.62. The molecule has 7 aromatic carbocycles. The molecule has 0 aliphatic heterocycles. The van der Waals surface area contributed by atoms with Crippen LogP contribution in [0, 0.1) is 0 Å². The van der Waals surface area contributed by atoms with E-state index in [0.717, 1.165) is 68.5 Å². The van der Waals surface area contributed by atoms with Crippen LogP contribution in [-0.4, -0.2) is 15.0 Å². The number of para-hydroxylation sites is 1. The molecule has 0 atom stereocenters. The van der Waals surface area contributed by atoms with Crippen molar-refractivity contribution in [3.8, 4) is 67.3 Å². The summed E-state index contributed by atoms with van der Waals surface area (Å²) >= 11 is 0. The molecular weight excluding hydrogens is 679 g/mol. The molecule has 56 heavy (non-hydrogen) atoms. The van der Waals surface area contributed by atoms with Gasteiger partial charge < -0.3 is 0 Å². The molecule has 11 rings (SSSR count). The molecule has 9 aromatic rings. The van der Waals surface area contributed by atoms with Gasteiger partial charge in [-0.15, -0.1) is 0 Å². The first-order valence-electron chi connectivity index (χ1n) is 19.3. The average Bonchev–Trinajstić information content (AvgIpc) is 3.28. The predicted molar refractivity (Wildman–Crippen MR) is 233 cm³/mol. The van der Waals surface area contributed by atoms with Crippen LogP contribution in [0.3, 0.4) is 0 Å². The van der Waals surface area contributed by atoms with Gasteiger partial charge in [-0.2, -0.15) is 0 Å². The first-order valence-corrected chi connectivity index (χ1v) is 19.3. The summed E-state index contributed by atoms with van der Waals surface area (Å²) in [5.74, 6) is 0.694. The number of pyridine rings is 1. The Labute approximate surface area is 326 Å². The number of rotatable bonds is 6. The summed E-state index contributed by atoms with van der Waals surface area (Å²) in [4.78, 5) is 15.4. The van der Waals surface area contributed by atoms with E-state index in [1.807, 2.05) is 30.5 Å². The van der Waals surface area contributed by atoms with Gasteiger partial charge in [0, 0.05) is 33.8 Å². The first-order chi connectivity index (χ1) is 27.7. The van der Waals surface area contributed by atoms with Gasteiger partial charge in [0.15, 0.2) is 5.82 Å². The summed E-state index contributed by atoms with van der Waals surface area (Å²) in [5, 5.41) is 3.78. The van der Waals surface area contributed by atoms with Gasteiger partial charge in [-0.25, -0.2) is 9.97 Å². The largest absolute Gasteiger partial charge is 0.256 e. The molecule has 0 saturated heterocycles. The molecule has 0 amide bonds. The summed E-state index contributed by atoms with van der Waals surface area (Å²) < 4.78 is 0. The van der Waals surface area contributed by atoms with Crippen LogP contribution >= 0.6 is 0 Å². The highest BCUT2D eigenvalue weighted by Gasteiger charge is 2.22. The maximum atomic E-state index is 5.31. The third-order valence-corrected chi connectivity index (χ3v) is 11.4. The van der Waals surface area contributed by atoms with Gasteiger partial charge in [-0.3, -0.25) is 4.98 Å². The third-order valence-electron chi connectivity index (χ3n) is 11.4. The number of benzene rings is 7. The van der Waals surface area contributed by atoms with E-state index < -0.39 is 0 Å². The Morgan fingerprint density at radius 3 is 1.98 bits per heavy atom. The standard InChI is InChI=1S/C53H35N3/c1-3-10-34(11-4-1)35-19-21-36(22-20-35)48-33-49(56-53(55-48)41-12-5-2-6-13-41)44-31-42(30-43(32-44)46-18-8-16-40-17-9-29-54-52(40)46)45-27-25-39-24-23-37-14-7-15-38-26-28-47(45)51(39)50(37)38/h1-13,15-23,25-33H,14,24H2. The zero-order chi connectivity index (χ0) is 37.0. The van der Waals surface area contributed by atoms with Crippen LogP contribution in [0.4, 0.5) is 0 Å². The van der Waals surface area contributed by atoms with Crippen LogP contribution in [0.5, 0.6) is 0 Å². The number of fused-ring (bicyclic) bond motifs is 1. The smallest absolute Gasteiger partial charge is 0.160 e. The number of nitrogens with zero attached hydrogens (tertiary/aromatic N) is 3. The lowest BCUT2D eigenvalue weighted by atomic mass is 9.79. The highest BCUT2D eigenvalue weighted by molar-refractivity contribution is 6.09. The minimum absolute atomic E-state index is 0.694. The Morgan fingerprint density at radius 1 is 0.464 bits per heavy atom. The number of allylic oxidation sites excluding steroid dienone is 3. The minimum Gasteiger partial charge on any atom is -0.256 e. The Morgan fingerprint density at radius 2 is 1.16 bits per heavy atom. The second kappa shape index (κ2) is 13.3. The number of hydrogen-bond acceptors (Lipinski definition) is 3. The molecule has 0 radical (unpaired) electrons. The van der Waals surface area contributed by atoms with Crippen molar-refractivity contribution in [2.24, 2.45) is 0 Å². The second-order valence-corrected chi connectivity index (χ2v) is 14.7. The van der Waals surface area contributed by atoms with Crippen molar-refractivity contribution in [1.29, 1.82) is 0 Å². The second-order valence-electron chi connectivity index (χ2n) is 14.7. The molecule has 2 aliphatic carbocycles. The zero-order valence-electron chi connectivity index (χ0n) is 30.7. The molecule has 0 unspecified atom stereocenters. The van der Waals surface area contributed by atoms with Gasteiger partial charge in [-0.1, -0.05) is 152 Å². The molecule has 262 valence electrons. The minimum atomic E-state index is 0.694. The molecule has 0 bridgehead atoms. The van der Waals surface area contributed by atoms with Crippen LogP contribution in [0.2, 0.25) is 0 Å². The molecule has 2 heterocycles. The van der Waals surface area contributed by atoms with Crippen molar-refractivity contribution in [1.82, 2.24) is 15.0 Å². The maximum Gasteiger partial charge on any atom is 0.160 e. The van der Waals surface area contributed by atoms with Crippen molar-refractivity contribution in [2.75, 3.05) is 0 Å². The molecule has 2 aromatic heterocycles. The van der Waals surface area contributed by atoms with E-state index in [9.17, 15) is 0 Å². The molecule has 3 nitrogen and oxygen atoms in total. The van der Waals surface area contributed by atoms with Gasteiger partial charge in [-0.05, 0) is 104 Å². The summed E-state index contributed by atoms with van der Waals surface area (Å²) in [6.45, 7) is 0. The van der Waals surface area contributed by atoms with Crippen LogP contribution in [0.25, 0.3) is 101 Å². The first kappa shape index (κ1) is 32.2. The van der Waals surface area contributed by atoms with Crippen molar-refractivity contribution in [3.63, 3.8) is 0 Å². The summed E-state index contributed by atoms with van der Waals surface area (Å²) in [7, 11) is 0. The Hall–Kier alpha value is -7.23. The molecule has 0 fully saturated rings. The van der Waals surface area contributed by atoms with Gasteiger partial charge >= 0.3 is 0 Å². The van der Waals surface area contributed by atoms with Crippen LogP contribution in [0.15, 0.2) is 182 Å². The molecule has 0 saturated carbocycles. The Bertz CT molecular complexity index is 3040. The predicted octanol–water partition coefficient (Wildman–Crippen LogP) is 13.5. The topological polar surface area (TPSA) is 38.7 Å². The molecule has 3 heteroatoms. The quantitative estimate of drug-likeness (QED) is 0.172. The molecule has 2 aliphatic rings. The van der Waals surface area contributed by atoms with Crippen molar-refractivity contribution < 1.29 is 0 Å². The maximum absolute atomic E-state index is 5.31. The van der Waals surface area contributed by atoms with Gasteiger partial charge in [0.05, 0.1) is 16.9 Å². The van der Waals surface area contributed by atoms with E-state index in [2.05, 4.69) is 158 Å². The lowest BCUT2D eigenvalue weighted by molar-refractivity contribution is 1.18. The van der Waals surface area contributed by atoms with Gasteiger partial charge in [0.2, 0.25) is 0 Å². The number of aromatic nitrogens is 3. The van der Waals surface area contributed by atoms with Crippen LogP contribution in [-0.2, 0) is 6.42 Å². The SMILES string of the molecule is C1=Cc2ccc3c(-c4cc(-c5cc(-c6ccc(-c7ccccc7)cc6)nc(-c6ccccc6)n5)cc(-c5cccc6cccnc56)c4)ccc4c3c2C(=CC4)C1. The van der Waals surface area contributed by atoms with Crippen molar-refractivity contribution in [2.45, 2.75) is 12.8 Å². The molecule has 0 spiro atoms. The van der Waals surface area contributed by atoms with Crippen LogP contribution in [0.1, 0.15) is 23.1 Å². The Balaban J connectivity index is 1.14. The molecular formula is C53H35N3. The van der Waals surface area contributed by atoms with E-state index in [4.69, 9.17) is 15.0 Å². The van der Waals surface area contributed by atoms with E-state index in [1.54, 1.807) is 0 Å². The van der Waals surface area contributed by atoms with Gasteiger partial charge in [0.1, 0.15) is 0 Å². The van der Waals surface area contributed by atoms with E-state index in [-0.39, 0.29) is 0 Å². The van der Waals surface area contributed by atoms with Crippen LogP contribution < -0.4 is 0 Å². The van der Waals surface area contributed by atoms with E-state index in [0.29, 0.717) is 5.82 Å². The van der Waals surface area contributed by atoms with E-state index >= 15 is 0 Å². The monoisotopic (exact) mass is 713 g/mol. The fraction of sp³-hybridized carbons (Fsp3) is 0.0377.